The third kappa shape index (κ3) is 4.48. The van der Waals surface area contributed by atoms with E-state index in [1.807, 2.05) is 0 Å². The molecular weight excluding hydrogens is 360 g/mol. The molecule has 0 saturated carbocycles. The van der Waals surface area contributed by atoms with Gasteiger partial charge in [0.05, 0.1) is 24.8 Å². The first kappa shape index (κ1) is 18.1. The zero-order chi connectivity index (χ0) is 18.6. The molecular formula is C17H20N2O6S. The molecule has 1 N–H and O–H groups in total. The van der Waals surface area contributed by atoms with Gasteiger partial charge in [0.25, 0.3) is 0 Å². The number of rotatable bonds is 7. The molecule has 9 heteroatoms. The van der Waals surface area contributed by atoms with Crippen LogP contribution in [0.1, 0.15) is 12.2 Å². The van der Waals surface area contributed by atoms with Gasteiger partial charge < -0.3 is 19.2 Å². The van der Waals surface area contributed by atoms with Crippen molar-refractivity contribution in [1.29, 1.82) is 0 Å². The number of nitrogens with zero attached hydrogens (tertiary/aromatic N) is 1. The number of sulfonamides is 1. The highest BCUT2D eigenvalue weighted by molar-refractivity contribution is 7.92. The molecule has 0 spiro atoms. The van der Waals surface area contributed by atoms with E-state index in [0.29, 0.717) is 36.2 Å². The second-order valence-corrected chi connectivity index (χ2v) is 7.68. The summed E-state index contributed by atoms with van der Waals surface area (Å²) >= 11 is 0. The van der Waals surface area contributed by atoms with Crippen molar-refractivity contribution in [1.82, 2.24) is 5.32 Å². The van der Waals surface area contributed by atoms with Crippen LogP contribution in [0, 0.1) is 0 Å². The standard InChI is InChI=1S/C17H20N2O6S/c1-26(21,22)19(7-6-17(20)18-12-14-3-2-8-23-14)13-4-5-15-16(11-13)25-10-9-24-15/h2-5,8,11H,6-7,9-10,12H2,1H3,(H,18,20). The van der Waals surface area contributed by atoms with Crippen molar-refractivity contribution in [3.63, 3.8) is 0 Å². The number of anilines is 1. The maximum atomic E-state index is 12.2. The number of furan rings is 1. The summed E-state index contributed by atoms with van der Waals surface area (Å²) in [7, 11) is -3.56. The van der Waals surface area contributed by atoms with Gasteiger partial charge in [0.1, 0.15) is 19.0 Å². The van der Waals surface area contributed by atoms with E-state index in [-0.39, 0.29) is 25.4 Å². The number of benzene rings is 1. The van der Waals surface area contributed by atoms with Crippen LogP contribution in [0.25, 0.3) is 0 Å². The summed E-state index contributed by atoms with van der Waals surface area (Å²) in [5.41, 5.74) is 0.426. The second-order valence-electron chi connectivity index (χ2n) is 5.77. The lowest BCUT2D eigenvalue weighted by Crippen LogP contribution is -2.34. The van der Waals surface area contributed by atoms with E-state index in [1.165, 1.54) is 10.6 Å². The van der Waals surface area contributed by atoms with E-state index in [1.54, 1.807) is 30.3 Å². The van der Waals surface area contributed by atoms with Gasteiger partial charge in [-0.25, -0.2) is 8.42 Å². The van der Waals surface area contributed by atoms with Gasteiger partial charge >= 0.3 is 0 Å². The summed E-state index contributed by atoms with van der Waals surface area (Å²) in [5, 5.41) is 2.69. The number of hydrogen-bond donors (Lipinski definition) is 1. The maximum absolute atomic E-state index is 12.2. The fourth-order valence-corrected chi connectivity index (χ4v) is 3.48. The molecule has 0 aliphatic carbocycles. The highest BCUT2D eigenvalue weighted by Gasteiger charge is 2.21. The summed E-state index contributed by atoms with van der Waals surface area (Å²) in [4.78, 5) is 12.0. The molecule has 140 valence electrons. The van der Waals surface area contributed by atoms with Gasteiger partial charge in [-0.15, -0.1) is 0 Å². The van der Waals surface area contributed by atoms with Crippen LogP contribution in [0.4, 0.5) is 5.69 Å². The molecule has 8 nitrogen and oxygen atoms in total. The Balaban J connectivity index is 1.66. The van der Waals surface area contributed by atoms with Crippen molar-refractivity contribution in [3.8, 4) is 11.5 Å². The predicted molar refractivity (Wildman–Crippen MR) is 94.8 cm³/mol. The number of carbonyl (C=O) groups is 1. The van der Waals surface area contributed by atoms with Crippen molar-refractivity contribution < 1.29 is 27.1 Å². The van der Waals surface area contributed by atoms with E-state index in [4.69, 9.17) is 13.9 Å². The number of ether oxygens (including phenoxy) is 2. The van der Waals surface area contributed by atoms with Crippen molar-refractivity contribution >= 4 is 21.6 Å². The minimum absolute atomic E-state index is 0.0161. The number of hydrogen-bond acceptors (Lipinski definition) is 6. The Morgan fingerprint density at radius 2 is 1.96 bits per heavy atom. The van der Waals surface area contributed by atoms with Crippen molar-refractivity contribution in [2.75, 3.05) is 30.3 Å². The lowest BCUT2D eigenvalue weighted by Gasteiger charge is -2.25. The van der Waals surface area contributed by atoms with Gasteiger partial charge in [-0.3, -0.25) is 9.10 Å². The number of fused-ring (bicyclic) bond motifs is 1. The first-order valence-corrected chi connectivity index (χ1v) is 9.95. The lowest BCUT2D eigenvalue weighted by atomic mass is 10.2. The molecule has 0 radical (unpaired) electrons. The molecule has 3 rings (SSSR count). The molecule has 2 aromatic rings. The topological polar surface area (TPSA) is 98.1 Å². The zero-order valence-electron chi connectivity index (χ0n) is 14.3. The average Bonchev–Trinajstić information content (AvgIpc) is 3.12. The summed E-state index contributed by atoms with van der Waals surface area (Å²) < 4.78 is 41.6. The van der Waals surface area contributed by atoms with Gasteiger partial charge in [0, 0.05) is 19.0 Å². The van der Waals surface area contributed by atoms with Crippen molar-refractivity contribution in [2.24, 2.45) is 0 Å². The van der Waals surface area contributed by atoms with Gasteiger partial charge in [-0.2, -0.15) is 0 Å². The zero-order valence-corrected chi connectivity index (χ0v) is 15.1. The van der Waals surface area contributed by atoms with Gasteiger partial charge in [0.2, 0.25) is 15.9 Å². The van der Waals surface area contributed by atoms with E-state index in [0.717, 1.165) is 6.26 Å². The molecule has 1 aliphatic heterocycles. The second kappa shape index (κ2) is 7.69. The van der Waals surface area contributed by atoms with Crippen LogP contribution in [0.2, 0.25) is 0 Å². The quantitative estimate of drug-likeness (QED) is 0.782. The molecule has 0 bridgehead atoms. The molecule has 1 amide bonds. The van der Waals surface area contributed by atoms with E-state index >= 15 is 0 Å². The summed E-state index contributed by atoms with van der Waals surface area (Å²) in [6.07, 6.45) is 2.64. The molecule has 0 atom stereocenters. The van der Waals surface area contributed by atoms with Crippen molar-refractivity contribution in [3.05, 3.63) is 42.4 Å². The Hall–Kier alpha value is -2.68. The van der Waals surface area contributed by atoms with Crippen LogP contribution in [0.15, 0.2) is 41.0 Å². The largest absolute Gasteiger partial charge is 0.486 e. The fourth-order valence-electron chi connectivity index (χ4n) is 2.56. The van der Waals surface area contributed by atoms with E-state index in [2.05, 4.69) is 5.32 Å². The highest BCUT2D eigenvalue weighted by Crippen LogP contribution is 2.34. The fraction of sp³-hybridized carbons (Fsp3) is 0.353. The van der Waals surface area contributed by atoms with E-state index in [9.17, 15) is 13.2 Å². The first-order valence-electron chi connectivity index (χ1n) is 8.10. The van der Waals surface area contributed by atoms with Gasteiger partial charge in [-0.05, 0) is 24.3 Å². The molecule has 1 aliphatic rings. The highest BCUT2D eigenvalue weighted by atomic mass is 32.2. The first-order chi connectivity index (χ1) is 12.4. The molecule has 2 heterocycles. The van der Waals surface area contributed by atoms with Crippen molar-refractivity contribution in [2.45, 2.75) is 13.0 Å². The molecule has 0 unspecified atom stereocenters. The summed E-state index contributed by atoms with van der Waals surface area (Å²) in [6.45, 7) is 1.14. The SMILES string of the molecule is CS(=O)(=O)N(CCC(=O)NCc1ccco1)c1ccc2c(c1)OCCO2. The third-order valence-electron chi connectivity index (χ3n) is 3.80. The number of amides is 1. The summed E-state index contributed by atoms with van der Waals surface area (Å²) in [5.74, 6) is 1.42. The monoisotopic (exact) mass is 380 g/mol. The molecule has 0 fully saturated rings. The van der Waals surface area contributed by atoms with Crippen LogP contribution in [-0.4, -0.2) is 40.3 Å². The van der Waals surface area contributed by atoms with Gasteiger partial charge in [-0.1, -0.05) is 0 Å². The Bertz CT molecular complexity index is 863. The summed E-state index contributed by atoms with van der Waals surface area (Å²) in [6, 6.07) is 8.39. The maximum Gasteiger partial charge on any atom is 0.232 e. The molecule has 26 heavy (non-hydrogen) atoms. The number of nitrogens with one attached hydrogen (secondary N) is 1. The molecule has 0 saturated heterocycles. The van der Waals surface area contributed by atoms with Crippen LogP contribution < -0.4 is 19.1 Å². The molecule has 1 aromatic carbocycles. The van der Waals surface area contributed by atoms with Crippen LogP contribution >= 0.6 is 0 Å². The number of carbonyl (C=O) groups excluding carboxylic acids is 1. The minimum Gasteiger partial charge on any atom is -0.486 e. The Labute approximate surface area is 151 Å². The Morgan fingerprint density at radius 3 is 2.65 bits per heavy atom. The van der Waals surface area contributed by atoms with Crippen LogP contribution in [-0.2, 0) is 21.4 Å². The third-order valence-corrected chi connectivity index (χ3v) is 4.99. The van der Waals surface area contributed by atoms with E-state index < -0.39 is 10.0 Å². The predicted octanol–water partition coefficient (Wildman–Crippen LogP) is 1.52. The average molecular weight is 380 g/mol. The van der Waals surface area contributed by atoms with Crippen LogP contribution in [0.5, 0.6) is 11.5 Å². The smallest absolute Gasteiger partial charge is 0.232 e. The minimum atomic E-state index is -3.56. The Kier molecular flexibility index (Phi) is 5.36. The normalized spacial score (nSPS) is 13.3. The molecule has 1 aromatic heterocycles. The van der Waals surface area contributed by atoms with Gasteiger partial charge in [0.15, 0.2) is 11.5 Å². The lowest BCUT2D eigenvalue weighted by molar-refractivity contribution is -0.121. The van der Waals surface area contributed by atoms with Crippen LogP contribution in [0.3, 0.4) is 0 Å². The Morgan fingerprint density at radius 1 is 1.19 bits per heavy atom.